The number of hydrogen-bond donors (Lipinski definition) is 0. The van der Waals surface area contributed by atoms with Crippen LogP contribution in [0.4, 0.5) is 10.3 Å². The molecule has 2 aromatic carbocycles. The highest BCUT2D eigenvalue weighted by Crippen LogP contribution is 2.41. The van der Waals surface area contributed by atoms with Crippen molar-refractivity contribution in [3.63, 3.8) is 0 Å². The highest BCUT2D eigenvalue weighted by Gasteiger charge is 2.31. The number of anilines is 1. The molecule has 7 heteroatoms. The largest absolute Gasteiger partial charge is 0.497 e. The Morgan fingerprint density at radius 2 is 1.97 bits per heavy atom. The van der Waals surface area contributed by atoms with Gasteiger partial charge in [-0.25, -0.2) is 9.07 Å². The number of aryl methyl sites for hydroxylation is 1. The third kappa shape index (κ3) is 4.85. The molecular formula is C24H28ClFN4O. The molecule has 1 fully saturated rings. The molecule has 0 saturated heterocycles. The average molecular weight is 443 g/mol. The molecule has 31 heavy (non-hydrogen) atoms. The Balaban J connectivity index is 1.71. The number of methoxy groups -OCH3 is 1. The van der Waals surface area contributed by atoms with Gasteiger partial charge in [-0.3, -0.25) is 0 Å². The Bertz CT molecular complexity index is 1030. The van der Waals surface area contributed by atoms with Crippen LogP contribution in [-0.2, 0) is 0 Å². The molecule has 1 aliphatic rings. The van der Waals surface area contributed by atoms with E-state index < -0.39 is 0 Å². The Kier molecular flexibility index (Phi) is 6.46. The van der Waals surface area contributed by atoms with Gasteiger partial charge in [0.2, 0.25) is 5.95 Å². The van der Waals surface area contributed by atoms with Crippen molar-refractivity contribution >= 4 is 17.5 Å². The SMILES string of the molecule is CCCN(c1nc(C)n(-c2ccc(OC)cc2Cl)n1)[C@@H](CC1CC1)c1ccc(F)cc1. The summed E-state index contributed by atoms with van der Waals surface area (Å²) >= 11 is 6.50. The second-order valence-corrected chi connectivity index (χ2v) is 8.54. The summed E-state index contributed by atoms with van der Waals surface area (Å²) in [6.45, 7) is 4.89. The maximum absolute atomic E-state index is 13.6. The summed E-state index contributed by atoms with van der Waals surface area (Å²) in [5, 5.41) is 5.39. The highest BCUT2D eigenvalue weighted by molar-refractivity contribution is 6.32. The molecule has 0 spiro atoms. The second kappa shape index (κ2) is 9.27. The molecule has 3 aromatic rings. The molecule has 1 aromatic heterocycles. The van der Waals surface area contributed by atoms with Crippen LogP contribution in [0.5, 0.6) is 5.75 Å². The first kappa shape index (κ1) is 21.6. The summed E-state index contributed by atoms with van der Waals surface area (Å²) < 4.78 is 20.6. The molecule has 1 aliphatic carbocycles. The van der Waals surface area contributed by atoms with Gasteiger partial charge in [-0.2, -0.15) is 4.98 Å². The Morgan fingerprint density at radius 1 is 1.23 bits per heavy atom. The highest BCUT2D eigenvalue weighted by atomic mass is 35.5. The monoisotopic (exact) mass is 442 g/mol. The zero-order chi connectivity index (χ0) is 22.0. The molecule has 0 N–H and O–H groups in total. The van der Waals surface area contributed by atoms with Gasteiger partial charge in [0.15, 0.2) is 0 Å². The van der Waals surface area contributed by atoms with E-state index in [9.17, 15) is 4.39 Å². The minimum atomic E-state index is -0.219. The summed E-state index contributed by atoms with van der Waals surface area (Å²) in [6.07, 6.45) is 4.47. The quantitative estimate of drug-likeness (QED) is 0.399. The van der Waals surface area contributed by atoms with E-state index in [0.29, 0.717) is 22.6 Å². The van der Waals surface area contributed by atoms with Crippen LogP contribution in [-0.4, -0.2) is 28.4 Å². The lowest BCUT2D eigenvalue weighted by Gasteiger charge is -2.31. The number of ether oxygens (including phenoxy) is 1. The Hall–Kier alpha value is -2.60. The van der Waals surface area contributed by atoms with Crippen molar-refractivity contribution in [3.8, 4) is 11.4 Å². The van der Waals surface area contributed by atoms with Gasteiger partial charge in [-0.05, 0) is 55.5 Å². The fourth-order valence-corrected chi connectivity index (χ4v) is 4.20. The van der Waals surface area contributed by atoms with Crippen molar-refractivity contribution in [1.82, 2.24) is 14.8 Å². The van der Waals surface area contributed by atoms with Gasteiger partial charge in [0, 0.05) is 12.6 Å². The number of halogens is 2. The first-order valence-electron chi connectivity index (χ1n) is 10.8. The molecule has 0 radical (unpaired) electrons. The number of benzene rings is 2. The van der Waals surface area contributed by atoms with E-state index in [-0.39, 0.29) is 11.9 Å². The molecular weight excluding hydrogens is 415 g/mol. The summed E-state index contributed by atoms with van der Waals surface area (Å²) in [5.41, 5.74) is 1.86. The molecule has 0 bridgehead atoms. The molecule has 1 heterocycles. The molecule has 164 valence electrons. The van der Waals surface area contributed by atoms with Crippen LogP contribution in [0, 0.1) is 18.7 Å². The standard InChI is InChI=1S/C24H28ClFN4O/c1-4-13-29(23(14-17-5-6-17)18-7-9-19(26)10-8-18)24-27-16(2)30(28-24)22-12-11-20(31-3)15-21(22)25/h7-12,15,17,23H,4-6,13-14H2,1-3H3/t23-/m0/s1. The molecule has 0 aliphatic heterocycles. The van der Waals surface area contributed by atoms with E-state index in [0.717, 1.165) is 36.5 Å². The van der Waals surface area contributed by atoms with Gasteiger partial charge in [-0.1, -0.05) is 43.5 Å². The van der Waals surface area contributed by atoms with Crippen LogP contribution in [0.15, 0.2) is 42.5 Å². The average Bonchev–Trinajstić information content (AvgIpc) is 3.51. The van der Waals surface area contributed by atoms with E-state index in [1.807, 2.05) is 31.2 Å². The topological polar surface area (TPSA) is 43.2 Å². The zero-order valence-electron chi connectivity index (χ0n) is 18.2. The van der Waals surface area contributed by atoms with Gasteiger partial charge in [0.05, 0.1) is 23.9 Å². The summed E-state index contributed by atoms with van der Waals surface area (Å²) in [5.74, 6) is 2.60. The normalized spacial score (nSPS) is 14.5. The Labute approximate surface area is 187 Å². The summed E-state index contributed by atoms with van der Waals surface area (Å²) in [4.78, 5) is 7.05. The first-order valence-corrected chi connectivity index (χ1v) is 11.2. The molecule has 0 unspecified atom stereocenters. The molecule has 4 rings (SSSR count). The van der Waals surface area contributed by atoms with E-state index in [4.69, 9.17) is 26.4 Å². The fourth-order valence-electron chi connectivity index (χ4n) is 3.95. The van der Waals surface area contributed by atoms with Crippen molar-refractivity contribution in [2.24, 2.45) is 5.92 Å². The third-order valence-corrected chi connectivity index (χ3v) is 6.05. The lowest BCUT2D eigenvalue weighted by molar-refractivity contribution is 0.414. The van der Waals surface area contributed by atoms with Gasteiger partial charge < -0.3 is 9.64 Å². The van der Waals surface area contributed by atoms with Crippen LogP contribution in [0.2, 0.25) is 5.02 Å². The lowest BCUT2D eigenvalue weighted by Crippen LogP contribution is -2.31. The van der Waals surface area contributed by atoms with Crippen molar-refractivity contribution in [3.05, 3.63) is 64.7 Å². The number of aromatic nitrogens is 3. The number of nitrogens with zero attached hydrogens (tertiary/aromatic N) is 4. The van der Waals surface area contributed by atoms with Crippen molar-refractivity contribution in [2.75, 3.05) is 18.6 Å². The van der Waals surface area contributed by atoms with Crippen LogP contribution < -0.4 is 9.64 Å². The molecule has 0 amide bonds. The molecule has 5 nitrogen and oxygen atoms in total. The van der Waals surface area contributed by atoms with Crippen LogP contribution >= 0.6 is 11.6 Å². The van der Waals surface area contributed by atoms with E-state index in [1.54, 1.807) is 17.9 Å². The number of rotatable bonds is 9. The van der Waals surface area contributed by atoms with Crippen molar-refractivity contribution in [1.29, 1.82) is 0 Å². The van der Waals surface area contributed by atoms with Gasteiger partial charge in [0.25, 0.3) is 0 Å². The summed E-state index contributed by atoms with van der Waals surface area (Å²) in [6, 6.07) is 12.5. The van der Waals surface area contributed by atoms with Crippen molar-refractivity contribution < 1.29 is 9.13 Å². The van der Waals surface area contributed by atoms with Crippen LogP contribution in [0.3, 0.4) is 0 Å². The number of hydrogen-bond acceptors (Lipinski definition) is 4. The van der Waals surface area contributed by atoms with E-state index in [2.05, 4.69) is 11.8 Å². The second-order valence-electron chi connectivity index (χ2n) is 8.13. The minimum absolute atomic E-state index is 0.106. The van der Waals surface area contributed by atoms with Crippen molar-refractivity contribution in [2.45, 2.75) is 45.6 Å². The van der Waals surface area contributed by atoms with Crippen LogP contribution in [0.1, 0.15) is 50.0 Å². The molecule has 1 saturated carbocycles. The predicted molar refractivity (Wildman–Crippen MR) is 122 cm³/mol. The lowest BCUT2D eigenvalue weighted by atomic mass is 9.99. The zero-order valence-corrected chi connectivity index (χ0v) is 18.9. The first-order chi connectivity index (χ1) is 15.0. The fraction of sp³-hybridized carbons (Fsp3) is 0.417. The Morgan fingerprint density at radius 3 is 2.58 bits per heavy atom. The maximum atomic E-state index is 13.6. The van der Waals surface area contributed by atoms with Crippen LogP contribution in [0.25, 0.3) is 5.69 Å². The maximum Gasteiger partial charge on any atom is 0.245 e. The molecule has 1 atom stereocenters. The minimum Gasteiger partial charge on any atom is -0.497 e. The van der Waals surface area contributed by atoms with E-state index >= 15 is 0 Å². The summed E-state index contributed by atoms with van der Waals surface area (Å²) in [7, 11) is 1.61. The van der Waals surface area contributed by atoms with Gasteiger partial charge >= 0.3 is 0 Å². The van der Waals surface area contributed by atoms with Gasteiger partial charge in [-0.15, -0.1) is 5.10 Å². The smallest absolute Gasteiger partial charge is 0.245 e. The third-order valence-electron chi connectivity index (χ3n) is 5.75. The predicted octanol–water partition coefficient (Wildman–Crippen LogP) is 6.13. The van der Waals surface area contributed by atoms with E-state index in [1.165, 1.54) is 25.0 Å². The van der Waals surface area contributed by atoms with Gasteiger partial charge in [0.1, 0.15) is 17.4 Å².